The standard InChI is InChI=1S/C42H25NS2/c1-2-11-31-29(9-1)30-10-3-4-12-32(30)37-23-26(17-20-33(31)37)43(27-19-22-41-38(24-27)35-14-6-8-16-40(35)44-41)28-18-21-36-34-13-5-7-15-39(34)45-42(36)25-28/h1-25H. The second-order valence-electron chi connectivity index (χ2n) is 11.7. The van der Waals surface area contributed by atoms with Gasteiger partial charge in [-0.25, -0.2) is 0 Å². The van der Waals surface area contributed by atoms with Gasteiger partial charge < -0.3 is 4.90 Å². The van der Waals surface area contributed by atoms with Crippen molar-refractivity contribution in [1.29, 1.82) is 0 Å². The van der Waals surface area contributed by atoms with Crippen molar-refractivity contribution in [3.8, 4) is 0 Å². The normalized spacial score (nSPS) is 12.0. The van der Waals surface area contributed by atoms with Crippen molar-refractivity contribution in [2.75, 3.05) is 4.90 Å². The number of anilines is 3. The van der Waals surface area contributed by atoms with Crippen molar-refractivity contribution in [3.63, 3.8) is 0 Å². The van der Waals surface area contributed by atoms with Gasteiger partial charge >= 0.3 is 0 Å². The number of nitrogens with zero attached hydrogens (tertiary/aromatic N) is 1. The molecule has 2 heterocycles. The first-order chi connectivity index (χ1) is 22.3. The zero-order chi connectivity index (χ0) is 29.5. The first kappa shape index (κ1) is 25.1. The molecule has 0 amide bonds. The minimum atomic E-state index is 1.15. The maximum atomic E-state index is 2.44. The van der Waals surface area contributed by atoms with E-state index < -0.39 is 0 Å². The van der Waals surface area contributed by atoms with E-state index >= 15 is 0 Å². The molecule has 2 aromatic heterocycles. The van der Waals surface area contributed by atoms with Crippen LogP contribution in [0.1, 0.15) is 0 Å². The maximum absolute atomic E-state index is 2.44. The molecule has 0 N–H and O–H groups in total. The van der Waals surface area contributed by atoms with E-state index in [1.54, 1.807) is 0 Å². The lowest BCUT2D eigenvalue weighted by molar-refractivity contribution is 1.30. The molecule has 0 saturated heterocycles. The van der Waals surface area contributed by atoms with Crippen LogP contribution in [0.2, 0.25) is 0 Å². The quantitative estimate of drug-likeness (QED) is 0.181. The van der Waals surface area contributed by atoms with Gasteiger partial charge in [0.15, 0.2) is 0 Å². The van der Waals surface area contributed by atoms with Gasteiger partial charge in [-0.05, 0) is 86.9 Å². The van der Waals surface area contributed by atoms with Crippen molar-refractivity contribution >= 4 is 112 Å². The van der Waals surface area contributed by atoms with Gasteiger partial charge in [-0.3, -0.25) is 0 Å². The highest BCUT2D eigenvalue weighted by atomic mass is 32.1. The van der Waals surface area contributed by atoms with Crippen LogP contribution in [0.3, 0.4) is 0 Å². The summed E-state index contributed by atoms with van der Waals surface area (Å²) in [6.07, 6.45) is 0. The van der Waals surface area contributed by atoms with E-state index in [1.807, 2.05) is 22.7 Å². The molecule has 1 nitrogen and oxygen atoms in total. The third-order valence-corrected chi connectivity index (χ3v) is 11.5. The predicted molar refractivity (Wildman–Crippen MR) is 199 cm³/mol. The van der Waals surface area contributed by atoms with Gasteiger partial charge in [0.1, 0.15) is 0 Å². The predicted octanol–water partition coefficient (Wildman–Crippen LogP) is 13.4. The summed E-state index contributed by atoms with van der Waals surface area (Å²) in [5.41, 5.74) is 3.48. The summed E-state index contributed by atoms with van der Waals surface area (Å²) in [4.78, 5) is 2.44. The van der Waals surface area contributed by atoms with E-state index in [1.165, 1.54) is 72.7 Å². The smallest absolute Gasteiger partial charge is 0.0476 e. The van der Waals surface area contributed by atoms with Crippen LogP contribution in [0, 0.1) is 0 Å². The summed E-state index contributed by atoms with van der Waals surface area (Å²) >= 11 is 3.74. The summed E-state index contributed by atoms with van der Waals surface area (Å²) in [5, 5.41) is 13.0. The molecule has 45 heavy (non-hydrogen) atoms. The van der Waals surface area contributed by atoms with Crippen molar-refractivity contribution in [3.05, 3.63) is 152 Å². The number of benzene rings is 8. The van der Waals surface area contributed by atoms with Crippen LogP contribution in [0.4, 0.5) is 17.1 Å². The van der Waals surface area contributed by atoms with Gasteiger partial charge in [0.25, 0.3) is 0 Å². The maximum Gasteiger partial charge on any atom is 0.0476 e. The Labute approximate surface area is 267 Å². The molecular formula is C42H25NS2. The highest BCUT2D eigenvalue weighted by molar-refractivity contribution is 7.26. The third-order valence-electron chi connectivity index (χ3n) is 9.23. The molecule has 0 unspecified atom stereocenters. The Kier molecular flexibility index (Phi) is 5.39. The van der Waals surface area contributed by atoms with Gasteiger partial charge in [0.2, 0.25) is 0 Å². The van der Waals surface area contributed by atoms with E-state index in [9.17, 15) is 0 Å². The Morgan fingerprint density at radius 2 is 0.644 bits per heavy atom. The molecule has 0 atom stereocenters. The first-order valence-electron chi connectivity index (χ1n) is 15.3. The number of thiophene rings is 2. The van der Waals surface area contributed by atoms with Crippen LogP contribution in [-0.2, 0) is 0 Å². The molecule has 0 saturated carbocycles. The average Bonchev–Trinajstić information content (AvgIpc) is 3.66. The molecule has 0 aliphatic heterocycles. The third kappa shape index (κ3) is 3.78. The van der Waals surface area contributed by atoms with Crippen molar-refractivity contribution in [1.82, 2.24) is 0 Å². The van der Waals surface area contributed by atoms with Crippen LogP contribution < -0.4 is 4.90 Å². The van der Waals surface area contributed by atoms with Gasteiger partial charge in [0.05, 0.1) is 0 Å². The zero-order valence-electron chi connectivity index (χ0n) is 24.2. The largest absolute Gasteiger partial charge is 0.310 e. The van der Waals surface area contributed by atoms with Crippen LogP contribution in [0.15, 0.2) is 152 Å². The molecule has 0 bridgehead atoms. The zero-order valence-corrected chi connectivity index (χ0v) is 25.8. The Morgan fingerprint density at radius 3 is 1.29 bits per heavy atom. The summed E-state index contributed by atoms with van der Waals surface area (Å²) in [6.45, 7) is 0. The first-order valence-corrected chi connectivity index (χ1v) is 16.9. The lowest BCUT2D eigenvalue weighted by atomic mass is 9.94. The van der Waals surface area contributed by atoms with Crippen LogP contribution in [-0.4, -0.2) is 0 Å². The van der Waals surface area contributed by atoms with Crippen molar-refractivity contribution in [2.45, 2.75) is 0 Å². The molecule has 0 radical (unpaired) electrons. The minimum absolute atomic E-state index is 1.15. The molecule has 3 heteroatoms. The molecule has 0 aliphatic carbocycles. The van der Waals surface area contributed by atoms with Gasteiger partial charge in [-0.15, -0.1) is 22.7 Å². The fourth-order valence-corrected chi connectivity index (χ4v) is 9.41. The molecule has 0 fully saturated rings. The fraction of sp³-hybridized carbons (Fsp3) is 0. The average molecular weight is 608 g/mol. The fourth-order valence-electron chi connectivity index (χ4n) is 7.19. The van der Waals surface area contributed by atoms with E-state index in [-0.39, 0.29) is 0 Å². The van der Waals surface area contributed by atoms with Crippen LogP contribution >= 0.6 is 22.7 Å². The lowest BCUT2D eigenvalue weighted by Gasteiger charge is -2.26. The number of hydrogen-bond acceptors (Lipinski definition) is 3. The molecule has 8 aromatic carbocycles. The summed E-state index contributed by atoms with van der Waals surface area (Å²) in [5.74, 6) is 0. The number of hydrogen-bond donors (Lipinski definition) is 0. The van der Waals surface area contributed by atoms with E-state index in [0.717, 1.165) is 17.1 Å². The monoisotopic (exact) mass is 607 g/mol. The SMILES string of the molecule is c1ccc2c(c1)sc1cc(N(c3ccc4sc5ccccc5c4c3)c3ccc4c5ccccc5c5ccccc5c4c3)ccc12. The second kappa shape index (κ2) is 9.64. The summed E-state index contributed by atoms with van der Waals surface area (Å²) < 4.78 is 5.27. The Bertz CT molecular complexity index is 2750. The molecule has 10 aromatic rings. The number of fused-ring (bicyclic) bond motifs is 12. The minimum Gasteiger partial charge on any atom is -0.310 e. The highest BCUT2D eigenvalue weighted by Gasteiger charge is 2.18. The van der Waals surface area contributed by atoms with Crippen molar-refractivity contribution in [2.24, 2.45) is 0 Å². The van der Waals surface area contributed by atoms with Gasteiger partial charge in [-0.1, -0.05) is 97.1 Å². The summed E-state index contributed by atoms with van der Waals surface area (Å²) in [6, 6.07) is 56.1. The number of rotatable bonds is 3. The Balaban J connectivity index is 1.26. The molecular weight excluding hydrogens is 583 g/mol. The Morgan fingerprint density at radius 1 is 0.267 bits per heavy atom. The molecule has 0 spiro atoms. The van der Waals surface area contributed by atoms with Crippen LogP contribution in [0.5, 0.6) is 0 Å². The van der Waals surface area contributed by atoms with E-state index in [2.05, 4.69) is 157 Å². The Hall–Kier alpha value is -5.22. The molecule has 10 rings (SSSR count). The van der Waals surface area contributed by atoms with Crippen molar-refractivity contribution < 1.29 is 0 Å². The lowest BCUT2D eigenvalue weighted by Crippen LogP contribution is -2.09. The van der Waals surface area contributed by atoms with Gasteiger partial charge in [-0.2, -0.15) is 0 Å². The second-order valence-corrected chi connectivity index (χ2v) is 13.9. The topological polar surface area (TPSA) is 3.24 Å². The molecule has 0 aliphatic rings. The summed E-state index contributed by atoms with van der Waals surface area (Å²) in [7, 11) is 0. The molecule has 210 valence electrons. The van der Waals surface area contributed by atoms with Crippen LogP contribution in [0.25, 0.3) is 72.7 Å². The highest BCUT2D eigenvalue weighted by Crippen LogP contribution is 2.45. The van der Waals surface area contributed by atoms with E-state index in [4.69, 9.17) is 0 Å². The van der Waals surface area contributed by atoms with E-state index in [0.29, 0.717) is 0 Å². The van der Waals surface area contributed by atoms with Gasteiger partial charge in [0, 0.05) is 57.4 Å².